The lowest BCUT2D eigenvalue weighted by molar-refractivity contribution is -0.183. The predicted molar refractivity (Wildman–Crippen MR) is 86.7 cm³/mol. The van der Waals surface area contributed by atoms with E-state index in [2.05, 4.69) is 11.9 Å². The van der Waals surface area contributed by atoms with Crippen LogP contribution in [-0.2, 0) is 0 Å². The van der Waals surface area contributed by atoms with E-state index in [9.17, 15) is 18.0 Å². The average Bonchev–Trinajstić information content (AvgIpc) is 2.53. The van der Waals surface area contributed by atoms with Crippen LogP contribution in [0, 0.1) is 5.92 Å². The van der Waals surface area contributed by atoms with Crippen molar-refractivity contribution in [2.75, 3.05) is 24.2 Å². The summed E-state index contributed by atoms with van der Waals surface area (Å²) in [6.07, 6.45) is -2.05. The van der Waals surface area contributed by atoms with Crippen molar-refractivity contribution in [3.63, 3.8) is 0 Å². The minimum Gasteiger partial charge on any atom is -0.324 e. The molecule has 1 aromatic rings. The highest BCUT2D eigenvalue weighted by Crippen LogP contribution is 2.33. The minimum absolute atomic E-state index is 0.0824. The molecule has 1 heterocycles. The summed E-state index contributed by atoms with van der Waals surface area (Å²) in [4.78, 5) is 14.4. The van der Waals surface area contributed by atoms with Gasteiger partial charge in [0.25, 0.3) is 0 Å². The maximum absolute atomic E-state index is 12.8. The molecule has 1 saturated heterocycles. The van der Waals surface area contributed by atoms with Gasteiger partial charge in [0.15, 0.2) is 0 Å². The van der Waals surface area contributed by atoms with Crippen LogP contribution in [-0.4, -0.2) is 35.9 Å². The maximum Gasteiger partial charge on any atom is 0.393 e. The van der Waals surface area contributed by atoms with Crippen molar-refractivity contribution in [1.82, 2.24) is 4.90 Å². The fourth-order valence-corrected chi connectivity index (χ4v) is 3.21. The zero-order chi connectivity index (χ0) is 16.9. The van der Waals surface area contributed by atoms with Crippen LogP contribution in [0.5, 0.6) is 0 Å². The number of alkyl halides is 3. The number of carbonyl (C=O) groups excluding carboxylic acids is 1. The van der Waals surface area contributed by atoms with Crippen LogP contribution in [0.15, 0.2) is 41.8 Å². The molecule has 0 aliphatic carbocycles. The zero-order valence-corrected chi connectivity index (χ0v) is 13.4. The fourth-order valence-electron chi connectivity index (χ4n) is 2.47. The summed E-state index contributed by atoms with van der Waals surface area (Å²) in [6.45, 7) is 3.72. The summed E-state index contributed by atoms with van der Waals surface area (Å²) in [5.74, 6) is -0.750. The first-order valence-electron chi connectivity index (χ1n) is 7.37. The maximum atomic E-state index is 12.8. The number of amides is 2. The lowest BCUT2D eigenvalue weighted by atomic mass is 9.98. The molecule has 0 saturated carbocycles. The number of benzene rings is 1. The van der Waals surface area contributed by atoms with E-state index in [1.54, 1.807) is 18.2 Å². The summed E-state index contributed by atoms with van der Waals surface area (Å²) in [5, 5.41) is 2.73. The zero-order valence-electron chi connectivity index (χ0n) is 12.6. The van der Waals surface area contributed by atoms with Gasteiger partial charge >= 0.3 is 12.2 Å². The number of nitrogens with zero attached hydrogens (tertiary/aromatic N) is 1. The number of nitrogens with one attached hydrogen (secondary N) is 1. The summed E-state index contributed by atoms with van der Waals surface area (Å²) in [5.41, 5.74) is 0.610. The van der Waals surface area contributed by atoms with Gasteiger partial charge < -0.3 is 10.2 Å². The average molecular weight is 344 g/mol. The second-order valence-corrected chi connectivity index (χ2v) is 6.41. The van der Waals surface area contributed by atoms with Crippen LogP contribution in [0.3, 0.4) is 0 Å². The first-order valence-corrected chi connectivity index (χ1v) is 8.35. The quantitative estimate of drug-likeness (QED) is 0.630. The number of piperidine rings is 1. The normalized spacial score (nSPS) is 18.6. The van der Waals surface area contributed by atoms with Crippen molar-refractivity contribution in [3.05, 3.63) is 36.9 Å². The molecule has 1 aromatic carbocycles. The minimum atomic E-state index is -4.25. The molecule has 126 valence electrons. The van der Waals surface area contributed by atoms with E-state index in [1.165, 1.54) is 16.7 Å². The standard InChI is InChI=1S/C16H19F3N2OS/c1-2-10-23-14-8-4-3-7-13(14)20-15(22)21-9-5-6-12(11-21)16(17,18)19/h2-4,7-8,12H,1,5-6,9-11H2,(H,20,22)/t12-/m1/s1. The molecule has 23 heavy (non-hydrogen) atoms. The van der Waals surface area contributed by atoms with Crippen LogP contribution in [0.25, 0.3) is 0 Å². The monoisotopic (exact) mass is 344 g/mol. The molecule has 0 aromatic heterocycles. The van der Waals surface area contributed by atoms with Crippen molar-refractivity contribution in [1.29, 1.82) is 0 Å². The molecule has 7 heteroatoms. The number of carbonyl (C=O) groups is 1. The van der Waals surface area contributed by atoms with Gasteiger partial charge in [0.05, 0.1) is 11.6 Å². The Morgan fingerprint density at radius 2 is 2.17 bits per heavy atom. The lowest BCUT2D eigenvalue weighted by Gasteiger charge is -2.33. The molecule has 1 atom stereocenters. The Morgan fingerprint density at radius 1 is 1.43 bits per heavy atom. The highest BCUT2D eigenvalue weighted by atomic mass is 32.2. The van der Waals surface area contributed by atoms with Gasteiger partial charge in [-0.25, -0.2) is 4.79 Å². The van der Waals surface area contributed by atoms with Crippen molar-refractivity contribution >= 4 is 23.5 Å². The highest BCUT2D eigenvalue weighted by Gasteiger charge is 2.42. The third-order valence-electron chi connectivity index (χ3n) is 3.66. The van der Waals surface area contributed by atoms with E-state index in [-0.39, 0.29) is 13.0 Å². The Kier molecular flexibility index (Phi) is 5.98. The molecule has 1 aliphatic rings. The molecule has 2 rings (SSSR count). The molecular formula is C16H19F3N2OS. The van der Waals surface area contributed by atoms with Gasteiger partial charge in [0, 0.05) is 23.7 Å². The Hall–Kier alpha value is -1.63. The number of halogens is 3. The Bertz CT molecular complexity index is 563. The summed E-state index contributed by atoms with van der Waals surface area (Å²) >= 11 is 1.51. The Balaban J connectivity index is 2.03. The molecule has 0 radical (unpaired) electrons. The molecule has 0 unspecified atom stereocenters. The molecule has 0 spiro atoms. The van der Waals surface area contributed by atoms with E-state index in [1.807, 2.05) is 12.1 Å². The molecule has 2 amide bonds. The van der Waals surface area contributed by atoms with Crippen LogP contribution >= 0.6 is 11.8 Å². The van der Waals surface area contributed by atoms with Crippen LogP contribution < -0.4 is 5.32 Å². The van der Waals surface area contributed by atoms with E-state index in [0.29, 0.717) is 24.4 Å². The van der Waals surface area contributed by atoms with Crippen molar-refractivity contribution in [2.24, 2.45) is 5.92 Å². The van der Waals surface area contributed by atoms with Gasteiger partial charge in [-0.05, 0) is 25.0 Å². The molecule has 1 fully saturated rings. The smallest absolute Gasteiger partial charge is 0.324 e. The fraction of sp³-hybridized carbons (Fsp3) is 0.438. The van der Waals surface area contributed by atoms with Gasteiger partial charge in [-0.3, -0.25) is 0 Å². The van der Waals surface area contributed by atoms with Gasteiger partial charge in [-0.2, -0.15) is 13.2 Å². The van der Waals surface area contributed by atoms with Gasteiger partial charge in [0.1, 0.15) is 0 Å². The first kappa shape index (κ1) is 17.7. The SMILES string of the molecule is C=CCSc1ccccc1NC(=O)N1CCC[C@@H](C(F)(F)F)C1. The van der Waals surface area contributed by atoms with Crippen molar-refractivity contribution in [3.8, 4) is 0 Å². The van der Waals surface area contributed by atoms with Crippen molar-refractivity contribution < 1.29 is 18.0 Å². The Labute approximate surface area is 137 Å². The van der Waals surface area contributed by atoms with Gasteiger partial charge in [-0.15, -0.1) is 18.3 Å². The summed E-state index contributed by atoms with van der Waals surface area (Å²) in [6, 6.07) is 6.75. The number of para-hydroxylation sites is 1. The van der Waals surface area contributed by atoms with Gasteiger partial charge in [-0.1, -0.05) is 18.2 Å². The summed E-state index contributed by atoms with van der Waals surface area (Å²) in [7, 11) is 0. The third kappa shape index (κ3) is 4.92. The summed E-state index contributed by atoms with van der Waals surface area (Å²) < 4.78 is 38.5. The molecule has 0 bridgehead atoms. The van der Waals surface area contributed by atoms with Crippen LogP contribution in [0.4, 0.5) is 23.7 Å². The molecule has 1 aliphatic heterocycles. The van der Waals surface area contributed by atoms with E-state index >= 15 is 0 Å². The van der Waals surface area contributed by atoms with Crippen LogP contribution in [0.1, 0.15) is 12.8 Å². The molecule has 1 N–H and O–H groups in total. The second-order valence-electron chi connectivity index (χ2n) is 5.35. The topological polar surface area (TPSA) is 32.3 Å². The highest BCUT2D eigenvalue weighted by molar-refractivity contribution is 7.99. The lowest BCUT2D eigenvalue weighted by Crippen LogP contribution is -2.46. The number of hydrogen-bond donors (Lipinski definition) is 1. The molecular weight excluding hydrogens is 325 g/mol. The number of thioether (sulfide) groups is 1. The van der Waals surface area contributed by atoms with Gasteiger partial charge in [0.2, 0.25) is 0 Å². The Morgan fingerprint density at radius 3 is 2.87 bits per heavy atom. The first-order chi connectivity index (χ1) is 10.9. The number of rotatable bonds is 4. The number of likely N-dealkylation sites (tertiary alicyclic amines) is 1. The molecule has 3 nitrogen and oxygen atoms in total. The predicted octanol–water partition coefficient (Wildman–Crippen LogP) is 4.77. The number of urea groups is 1. The van der Waals surface area contributed by atoms with Crippen LogP contribution in [0.2, 0.25) is 0 Å². The second kappa shape index (κ2) is 7.77. The number of anilines is 1. The third-order valence-corrected chi connectivity index (χ3v) is 4.73. The number of hydrogen-bond acceptors (Lipinski definition) is 2. The van der Waals surface area contributed by atoms with Crippen molar-refractivity contribution in [2.45, 2.75) is 23.9 Å². The largest absolute Gasteiger partial charge is 0.393 e. The van der Waals surface area contributed by atoms with E-state index in [0.717, 1.165) is 4.90 Å². The van der Waals surface area contributed by atoms with E-state index in [4.69, 9.17) is 0 Å². The van der Waals surface area contributed by atoms with E-state index < -0.39 is 18.1 Å².